The summed E-state index contributed by atoms with van der Waals surface area (Å²) >= 11 is 5.27. The molecule has 0 bridgehead atoms. The lowest BCUT2D eigenvalue weighted by Gasteiger charge is -1.78. The largest absolute Gasteiger partial charge is 0.396 e. The molecule has 0 saturated carbocycles. The molecule has 0 saturated heterocycles. The summed E-state index contributed by atoms with van der Waals surface area (Å²) in [5.74, 6) is 0.542. The minimum Gasteiger partial charge on any atom is -0.396 e. The Morgan fingerprint density at radius 2 is 2.14 bits per heavy atom. The standard InChI is InChI=1S/C5H9ClO/c6-4-2-1-3-5-7/h1-2,7H,3-5H2/b2-1+. The first-order valence-corrected chi connectivity index (χ1v) is 2.77. The van der Waals surface area contributed by atoms with Crippen LogP contribution in [0.5, 0.6) is 0 Å². The summed E-state index contributed by atoms with van der Waals surface area (Å²) in [5.41, 5.74) is 0. The third kappa shape index (κ3) is 5.99. The van der Waals surface area contributed by atoms with Gasteiger partial charge in [0, 0.05) is 12.5 Å². The van der Waals surface area contributed by atoms with Crippen molar-refractivity contribution in [2.75, 3.05) is 12.5 Å². The fraction of sp³-hybridized carbons (Fsp3) is 0.600. The maximum Gasteiger partial charge on any atom is 0.0465 e. The van der Waals surface area contributed by atoms with Crippen molar-refractivity contribution in [1.82, 2.24) is 0 Å². The Kier molecular flexibility index (Phi) is 5.98. The van der Waals surface area contributed by atoms with E-state index in [-0.39, 0.29) is 6.61 Å². The lowest BCUT2D eigenvalue weighted by atomic mass is 10.4. The monoisotopic (exact) mass is 120 g/mol. The van der Waals surface area contributed by atoms with Gasteiger partial charge in [-0.05, 0) is 6.42 Å². The van der Waals surface area contributed by atoms with Crippen LogP contribution in [-0.2, 0) is 0 Å². The number of hydrogen-bond donors (Lipinski definition) is 1. The number of aliphatic hydroxyl groups is 1. The molecule has 0 rings (SSSR count). The molecule has 2 heteroatoms. The van der Waals surface area contributed by atoms with E-state index in [1.54, 1.807) is 0 Å². The van der Waals surface area contributed by atoms with Crippen LogP contribution in [0.4, 0.5) is 0 Å². The van der Waals surface area contributed by atoms with E-state index >= 15 is 0 Å². The summed E-state index contributed by atoms with van der Waals surface area (Å²) in [7, 11) is 0. The van der Waals surface area contributed by atoms with E-state index in [1.165, 1.54) is 0 Å². The molecule has 0 amide bonds. The molecule has 0 aromatic heterocycles. The van der Waals surface area contributed by atoms with Gasteiger partial charge in [0.1, 0.15) is 0 Å². The summed E-state index contributed by atoms with van der Waals surface area (Å²) in [6.07, 6.45) is 4.39. The van der Waals surface area contributed by atoms with Gasteiger partial charge in [-0.1, -0.05) is 12.2 Å². The molecule has 0 radical (unpaired) electrons. The Hall–Kier alpha value is -0.0100. The zero-order chi connectivity index (χ0) is 5.54. The Morgan fingerprint density at radius 3 is 2.57 bits per heavy atom. The number of aliphatic hydroxyl groups excluding tert-OH is 1. The summed E-state index contributed by atoms with van der Waals surface area (Å²) in [5, 5.41) is 8.20. The number of allylic oxidation sites excluding steroid dienone is 1. The molecule has 0 fully saturated rings. The van der Waals surface area contributed by atoms with Crippen molar-refractivity contribution in [3.63, 3.8) is 0 Å². The van der Waals surface area contributed by atoms with Crippen LogP contribution in [0.3, 0.4) is 0 Å². The summed E-state index contributed by atoms with van der Waals surface area (Å²) in [4.78, 5) is 0. The number of hydrogen-bond acceptors (Lipinski definition) is 1. The summed E-state index contributed by atoms with van der Waals surface area (Å²) in [6.45, 7) is 0.216. The summed E-state index contributed by atoms with van der Waals surface area (Å²) in [6, 6.07) is 0. The molecule has 0 heterocycles. The van der Waals surface area contributed by atoms with Crippen molar-refractivity contribution in [3.8, 4) is 0 Å². The highest BCUT2D eigenvalue weighted by Gasteiger charge is 1.69. The van der Waals surface area contributed by atoms with Gasteiger partial charge in [-0.2, -0.15) is 0 Å². The number of halogens is 1. The zero-order valence-electron chi connectivity index (χ0n) is 4.10. The lowest BCUT2D eigenvalue weighted by Crippen LogP contribution is -1.74. The Morgan fingerprint density at radius 1 is 1.43 bits per heavy atom. The van der Waals surface area contributed by atoms with Gasteiger partial charge in [-0.15, -0.1) is 11.6 Å². The predicted octanol–water partition coefficient (Wildman–Crippen LogP) is 1.16. The topological polar surface area (TPSA) is 20.2 Å². The lowest BCUT2D eigenvalue weighted by molar-refractivity contribution is 0.302. The van der Waals surface area contributed by atoms with Gasteiger partial charge in [0.2, 0.25) is 0 Å². The van der Waals surface area contributed by atoms with Gasteiger partial charge >= 0.3 is 0 Å². The Bertz CT molecular complexity index is 52.0. The maximum absolute atomic E-state index is 8.20. The van der Waals surface area contributed by atoms with Gasteiger partial charge < -0.3 is 5.11 Å². The molecule has 0 aromatic carbocycles. The molecule has 1 nitrogen and oxygen atoms in total. The van der Waals surface area contributed by atoms with Crippen molar-refractivity contribution >= 4 is 11.6 Å². The molecule has 1 N–H and O–H groups in total. The average Bonchev–Trinajstić information content (AvgIpc) is 1.69. The molecule has 0 unspecified atom stereocenters. The van der Waals surface area contributed by atoms with E-state index < -0.39 is 0 Å². The van der Waals surface area contributed by atoms with Crippen molar-refractivity contribution in [2.24, 2.45) is 0 Å². The number of alkyl halides is 1. The van der Waals surface area contributed by atoms with E-state index in [0.29, 0.717) is 12.3 Å². The van der Waals surface area contributed by atoms with Crippen LogP contribution in [0, 0.1) is 0 Å². The first-order chi connectivity index (χ1) is 3.41. The second-order valence-corrected chi connectivity index (χ2v) is 1.45. The van der Waals surface area contributed by atoms with Crippen molar-refractivity contribution < 1.29 is 5.11 Å². The van der Waals surface area contributed by atoms with Crippen LogP contribution in [-0.4, -0.2) is 17.6 Å². The van der Waals surface area contributed by atoms with Gasteiger partial charge in [-0.3, -0.25) is 0 Å². The average molecular weight is 121 g/mol. The first kappa shape index (κ1) is 6.99. The van der Waals surface area contributed by atoms with Crippen molar-refractivity contribution in [2.45, 2.75) is 6.42 Å². The highest BCUT2D eigenvalue weighted by atomic mass is 35.5. The Balaban J connectivity index is 2.78. The van der Waals surface area contributed by atoms with E-state index in [0.717, 1.165) is 0 Å². The van der Waals surface area contributed by atoms with Crippen LogP contribution < -0.4 is 0 Å². The van der Waals surface area contributed by atoms with Gasteiger partial charge in [0.05, 0.1) is 0 Å². The molecule has 0 aliphatic rings. The van der Waals surface area contributed by atoms with Gasteiger partial charge in [0.15, 0.2) is 0 Å². The molecule has 0 atom stereocenters. The zero-order valence-corrected chi connectivity index (χ0v) is 4.86. The summed E-state index contributed by atoms with van der Waals surface area (Å²) < 4.78 is 0. The highest BCUT2D eigenvalue weighted by Crippen LogP contribution is 1.81. The van der Waals surface area contributed by atoms with Crippen molar-refractivity contribution in [1.29, 1.82) is 0 Å². The molecule has 0 spiro atoms. The molecule has 7 heavy (non-hydrogen) atoms. The molecular weight excluding hydrogens is 112 g/mol. The Labute approximate surface area is 48.6 Å². The third-order valence-electron chi connectivity index (χ3n) is 0.552. The molecule has 0 aromatic rings. The van der Waals surface area contributed by atoms with Crippen LogP contribution in [0.15, 0.2) is 12.2 Å². The molecule has 42 valence electrons. The first-order valence-electron chi connectivity index (χ1n) is 2.23. The van der Waals surface area contributed by atoms with Crippen LogP contribution in [0.2, 0.25) is 0 Å². The van der Waals surface area contributed by atoms with Crippen LogP contribution in [0.25, 0.3) is 0 Å². The van der Waals surface area contributed by atoms with Gasteiger partial charge in [0.25, 0.3) is 0 Å². The maximum atomic E-state index is 8.20. The SMILES string of the molecule is OCC/C=C/CCl. The van der Waals surface area contributed by atoms with Crippen LogP contribution >= 0.6 is 11.6 Å². The predicted molar refractivity (Wildman–Crippen MR) is 31.6 cm³/mol. The molecule has 0 aliphatic heterocycles. The second-order valence-electron chi connectivity index (χ2n) is 1.14. The molecular formula is C5H9ClO. The second kappa shape index (κ2) is 5.99. The smallest absolute Gasteiger partial charge is 0.0465 e. The molecule has 0 aliphatic carbocycles. The van der Waals surface area contributed by atoms with E-state index in [1.807, 2.05) is 12.2 Å². The van der Waals surface area contributed by atoms with Crippen LogP contribution in [0.1, 0.15) is 6.42 Å². The van der Waals surface area contributed by atoms with Crippen molar-refractivity contribution in [3.05, 3.63) is 12.2 Å². The van der Waals surface area contributed by atoms with E-state index in [9.17, 15) is 0 Å². The van der Waals surface area contributed by atoms with E-state index in [4.69, 9.17) is 16.7 Å². The highest BCUT2D eigenvalue weighted by molar-refractivity contribution is 6.18. The fourth-order valence-electron chi connectivity index (χ4n) is 0.255. The normalized spacial score (nSPS) is 10.6. The number of rotatable bonds is 3. The quantitative estimate of drug-likeness (QED) is 0.438. The fourth-order valence-corrected chi connectivity index (χ4v) is 0.381. The minimum absolute atomic E-state index is 0.216. The third-order valence-corrected chi connectivity index (χ3v) is 0.730. The van der Waals surface area contributed by atoms with E-state index in [2.05, 4.69) is 0 Å². The van der Waals surface area contributed by atoms with Gasteiger partial charge in [-0.25, -0.2) is 0 Å². The minimum atomic E-state index is 0.216.